The van der Waals surface area contributed by atoms with Crippen molar-refractivity contribution in [2.24, 2.45) is 0 Å². The van der Waals surface area contributed by atoms with Crippen molar-refractivity contribution in [1.82, 2.24) is 5.16 Å². The number of hydrogen-bond donors (Lipinski definition) is 0. The van der Waals surface area contributed by atoms with Crippen molar-refractivity contribution in [3.05, 3.63) is 11.8 Å². The van der Waals surface area contributed by atoms with Crippen LogP contribution in [0.1, 0.15) is 12.6 Å². The zero-order chi connectivity index (χ0) is 8.48. The second-order valence-corrected chi connectivity index (χ2v) is 3.21. The summed E-state index contributed by atoms with van der Waals surface area (Å²) in [6.45, 7) is 1.76. The van der Waals surface area contributed by atoms with E-state index in [0.717, 1.165) is 6.07 Å². The highest BCUT2D eigenvalue weighted by atomic mass is 32.3. The summed E-state index contributed by atoms with van der Waals surface area (Å²) in [6, 6.07) is 1.06. The molecule has 0 aliphatic carbocycles. The molecule has 0 N–H and O–H groups in total. The summed E-state index contributed by atoms with van der Waals surface area (Å²) >= 11 is 0. The van der Waals surface area contributed by atoms with Gasteiger partial charge < -0.3 is 4.52 Å². The van der Waals surface area contributed by atoms with Crippen molar-refractivity contribution < 1.29 is 16.8 Å². The molecule has 0 amide bonds. The third kappa shape index (κ3) is 1.76. The van der Waals surface area contributed by atoms with E-state index in [2.05, 4.69) is 9.68 Å². The number of rotatable bonds is 2. The van der Waals surface area contributed by atoms with E-state index < -0.39 is 15.3 Å². The fourth-order valence-corrected chi connectivity index (χ4v) is 0.977. The Morgan fingerprint density at radius 2 is 2.36 bits per heavy atom. The van der Waals surface area contributed by atoms with Gasteiger partial charge in [-0.1, -0.05) is 16.0 Å². The van der Waals surface area contributed by atoms with E-state index >= 15 is 0 Å². The van der Waals surface area contributed by atoms with E-state index in [0.29, 0.717) is 12.1 Å². The average molecular weight is 179 g/mol. The first-order valence-electron chi connectivity index (χ1n) is 2.94. The Kier molecular flexibility index (Phi) is 1.95. The number of nitrogens with zero attached hydrogens (tertiary/aromatic N) is 1. The van der Waals surface area contributed by atoms with Gasteiger partial charge in [0.05, 0.1) is 5.69 Å². The van der Waals surface area contributed by atoms with Crippen LogP contribution in [0.25, 0.3) is 0 Å². The molecule has 0 spiro atoms. The van der Waals surface area contributed by atoms with Crippen LogP contribution < -0.4 is 0 Å². The van der Waals surface area contributed by atoms with Gasteiger partial charge in [0.15, 0.2) is 0 Å². The van der Waals surface area contributed by atoms with Crippen LogP contribution in [0.3, 0.4) is 0 Å². The van der Waals surface area contributed by atoms with Crippen molar-refractivity contribution >= 4 is 10.2 Å². The van der Waals surface area contributed by atoms with Crippen LogP contribution in [-0.4, -0.2) is 13.6 Å². The highest BCUT2D eigenvalue weighted by molar-refractivity contribution is 7.86. The summed E-state index contributed by atoms with van der Waals surface area (Å²) in [7, 11) is -4.72. The second-order valence-electron chi connectivity index (χ2n) is 1.93. The molecule has 0 saturated heterocycles. The SMILES string of the molecule is CCc1cc(S(=O)(=O)F)on1. The third-order valence-electron chi connectivity index (χ3n) is 1.14. The van der Waals surface area contributed by atoms with Gasteiger partial charge in [0.1, 0.15) is 0 Å². The van der Waals surface area contributed by atoms with Crippen molar-refractivity contribution in [2.45, 2.75) is 18.4 Å². The number of hydrogen-bond acceptors (Lipinski definition) is 4. The minimum absolute atomic E-state index is 0.418. The van der Waals surface area contributed by atoms with Crippen LogP contribution in [0.15, 0.2) is 15.7 Å². The number of aromatic nitrogens is 1. The molecule has 0 aromatic carbocycles. The predicted molar refractivity (Wildman–Crippen MR) is 34.2 cm³/mol. The van der Waals surface area contributed by atoms with Crippen LogP contribution in [-0.2, 0) is 16.6 Å². The van der Waals surface area contributed by atoms with E-state index in [4.69, 9.17) is 0 Å². The fraction of sp³-hybridized carbons (Fsp3) is 0.400. The smallest absolute Gasteiger partial charge is 0.341 e. The Balaban J connectivity index is 3.09. The number of halogens is 1. The molecule has 1 heterocycles. The molecule has 0 radical (unpaired) electrons. The maximum atomic E-state index is 12.1. The molecule has 0 aliphatic heterocycles. The lowest BCUT2D eigenvalue weighted by Gasteiger charge is -1.79. The van der Waals surface area contributed by atoms with Gasteiger partial charge in [-0.3, -0.25) is 0 Å². The first-order chi connectivity index (χ1) is 5.04. The minimum Gasteiger partial charge on any atom is -0.341 e. The summed E-state index contributed by atoms with van der Waals surface area (Å²) in [6.07, 6.45) is 0.513. The molecule has 1 aromatic rings. The molecule has 0 unspecified atom stereocenters. The van der Waals surface area contributed by atoms with Gasteiger partial charge in [0.2, 0.25) is 0 Å². The fourth-order valence-electron chi connectivity index (χ4n) is 0.574. The maximum absolute atomic E-state index is 12.1. The molecule has 1 aromatic heterocycles. The zero-order valence-electron chi connectivity index (χ0n) is 5.74. The van der Waals surface area contributed by atoms with Gasteiger partial charge in [-0.2, -0.15) is 8.42 Å². The molecular weight excluding hydrogens is 173 g/mol. The molecular formula is C5H6FNO3S. The van der Waals surface area contributed by atoms with Gasteiger partial charge in [0, 0.05) is 6.07 Å². The Bertz CT molecular complexity index is 342. The standard InChI is InChI=1S/C5H6FNO3S/c1-2-4-3-5(10-7-4)11(6,8)9/h3H,2H2,1H3. The van der Waals surface area contributed by atoms with Gasteiger partial charge in [0.25, 0.3) is 5.09 Å². The molecule has 0 atom stereocenters. The largest absolute Gasteiger partial charge is 0.368 e. The lowest BCUT2D eigenvalue weighted by molar-refractivity contribution is 0.329. The lowest BCUT2D eigenvalue weighted by atomic mass is 10.4. The molecule has 4 nitrogen and oxygen atoms in total. The summed E-state index contributed by atoms with van der Waals surface area (Å²) in [5.74, 6) is 0. The Hall–Kier alpha value is -0.910. The quantitative estimate of drug-likeness (QED) is 0.632. The molecule has 62 valence electrons. The van der Waals surface area contributed by atoms with Gasteiger partial charge in [-0.15, -0.1) is 0 Å². The van der Waals surface area contributed by atoms with E-state index in [9.17, 15) is 12.3 Å². The van der Waals surface area contributed by atoms with Crippen molar-refractivity contribution in [3.8, 4) is 0 Å². The normalized spacial score (nSPS) is 11.8. The van der Waals surface area contributed by atoms with Crippen molar-refractivity contribution in [1.29, 1.82) is 0 Å². The molecule has 0 fully saturated rings. The topological polar surface area (TPSA) is 60.2 Å². The first-order valence-corrected chi connectivity index (χ1v) is 4.32. The summed E-state index contributed by atoms with van der Waals surface area (Å²) in [4.78, 5) is 0. The average Bonchev–Trinajstić information content (AvgIpc) is 2.32. The van der Waals surface area contributed by atoms with E-state index in [1.54, 1.807) is 6.92 Å². The van der Waals surface area contributed by atoms with Crippen molar-refractivity contribution in [2.75, 3.05) is 0 Å². The van der Waals surface area contributed by atoms with E-state index in [1.165, 1.54) is 0 Å². The summed E-state index contributed by atoms with van der Waals surface area (Å²) in [5, 5.41) is 2.58. The Morgan fingerprint density at radius 3 is 2.64 bits per heavy atom. The second kappa shape index (κ2) is 2.61. The third-order valence-corrected chi connectivity index (χ3v) is 1.81. The van der Waals surface area contributed by atoms with Crippen LogP contribution in [0, 0.1) is 0 Å². The van der Waals surface area contributed by atoms with Crippen molar-refractivity contribution in [3.63, 3.8) is 0 Å². The zero-order valence-corrected chi connectivity index (χ0v) is 6.56. The van der Waals surface area contributed by atoms with Crippen LogP contribution >= 0.6 is 0 Å². The van der Waals surface area contributed by atoms with Gasteiger partial charge >= 0.3 is 10.2 Å². The first kappa shape index (κ1) is 8.19. The summed E-state index contributed by atoms with van der Waals surface area (Å²) < 4.78 is 36.6. The van der Waals surface area contributed by atoms with Crippen LogP contribution in [0.2, 0.25) is 0 Å². The highest BCUT2D eigenvalue weighted by Crippen LogP contribution is 2.12. The van der Waals surface area contributed by atoms with E-state index in [-0.39, 0.29) is 0 Å². The minimum atomic E-state index is -4.72. The Morgan fingerprint density at radius 1 is 1.73 bits per heavy atom. The predicted octanol–water partition coefficient (Wildman–Crippen LogP) is 0.895. The summed E-state index contributed by atoms with van der Waals surface area (Å²) in [5.41, 5.74) is 0.418. The Labute approximate surface area is 63.2 Å². The lowest BCUT2D eigenvalue weighted by Crippen LogP contribution is -1.87. The van der Waals surface area contributed by atoms with Crippen LogP contribution in [0.5, 0.6) is 0 Å². The monoisotopic (exact) mass is 179 g/mol. The molecule has 0 saturated carbocycles. The van der Waals surface area contributed by atoms with Gasteiger partial charge in [-0.25, -0.2) is 0 Å². The highest BCUT2D eigenvalue weighted by Gasteiger charge is 2.17. The maximum Gasteiger partial charge on any atom is 0.368 e. The van der Waals surface area contributed by atoms with E-state index in [1.807, 2.05) is 0 Å². The number of aryl methyl sites for hydroxylation is 1. The van der Waals surface area contributed by atoms with Crippen LogP contribution in [0.4, 0.5) is 3.89 Å². The molecule has 0 aliphatic rings. The molecule has 1 rings (SSSR count). The molecule has 11 heavy (non-hydrogen) atoms. The molecule has 6 heteroatoms. The van der Waals surface area contributed by atoms with Gasteiger partial charge in [-0.05, 0) is 6.42 Å². The molecule has 0 bridgehead atoms.